The molecule has 6 heteroatoms. The van der Waals surface area contributed by atoms with Crippen LogP contribution >= 0.6 is 15.9 Å². The van der Waals surface area contributed by atoms with Gasteiger partial charge >= 0.3 is 0 Å². The van der Waals surface area contributed by atoms with Gasteiger partial charge in [0.1, 0.15) is 10.7 Å². The minimum absolute atomic E-state index is 0.436. The number of aryl methyl sites for hydroxylation is 2. The third-order valence-corrected chi connectivity index (χ3v) is 2.93. The first-order valence-corrected chi connectivity index (χ1v) is 5.73. The molecule has 1 N–H and O–H groups in total. The third kappa shape index (κ3) is 2.03. The second-order valence-corrected chi connectivity index (χ2v) is 4.28. The highest BCUT2D eigenvalue weighted by atomic mass is 79.9. The molecule has 0 aliphatic heterocycles. The van der Waals surface area contributed by atoms with Crippen LogP contribution in [-0.4, -0.2) is 20.0 Å². The fourth-order valence-corrected chi connectivity index (χ4v) is 2.01. The van der Waals surface area contributed by atoms with Crippen molar-refractivity contribution >= 4 is 15.9 Å². The maximum atomic E-state index is 10.1. The molecule has 2 aromatic rings. The lowest BCUT2D eigenvalue weighted by atomic mass is 10.1. The molecular weight excluding hydrogens is 274 g/mol. The number of aliphatic hydroxyl groups excluding tert-OH is 1. The number of aliphatic hydroxyl groups is 1. The van der Waals surface area contributed by atoms with Crippen molar-refractivity contribution in [3.8, 4) is 0 Å². The van der Waals surface area contributed by atoms with Crippen molar-refractivity contribution in [1.82, 2.24) is 14.9 Å². The Hall–Kier alpha value is -1.14. The van der Waals surface area contributed by atoms with Gasteiger partial charge in [-0.1, -0.05) is 12.1 Å². The van der Waals surface area contributed by atoms with E-state index in [1.54, 1.807) is 24.0 Å². The number of aromatic nitrogens is 3. The zero-order chi connectivity index (χ0) is 11.7. The van der Waals surface area contributed by atoms with Gasteiger partial charge in [0.2, 0.25) is 0 Å². The lowest BCUT2D eigenvalue weighted by Crippen LogP contribution is -1.97. The second kappa shape index (κ2) is 4.39. The van der Waals surface area contributed by atoms with Crippen molar-refractivity contribution in [2.24, 2.45) is 7.05 Å². The van der Waals surface area contributed by atoms with Gasteiger partial charge in [-0.2, -0.15) is 5.10 Å². The Morgan fingerprint density at radius 2 is 2.38 bits per heavy atom. The van der Waals surface area contributed by atoms with Crippen molar-refractivity contribution in [3.63, 3.8) is 0 Å². The molecule has 2 rings (SSSR count). The standard InChI is InChI=1S/C10H12BrN3O2/c1-3-6-4-8(16-13-6)9(15)7-5-14(2)12-10(7)11/h4-5,9,15H,3H2,1-2H3. The normalized spacial score (nSPS) is 13.0. The predicted molar refractivity (Wildman–Crippen MR) is 60.9 cm³/mol. The molecule has 0 aromatic carbocycles. The number of hydrogen-bond acceptors (Lipinski definition) is 4. The summed E-state index contributed by atoms with van der Waals surface area (Å²) in [6.07, 6.45) is 1.68. The third-order valence-electron chi connectivity index (χ3n) is 2.31. The molecule has 0 aliphatic carbocycles. The molecule has 0 bridgehead atoms. The maximum absolute atomic E-state index is 10.1. The summed E-state index contributed by atoms with van der Waals surface area (Å²) < 4.78 is 7.31. The first-order chi connectivity index (χ1) is 7.61. The molecule has 1 atom stereocenters. The van der Waals surface area contributed by atoms with Crippen molar-refractivity contribution < 1.29 is 9.63 Å². The molecule has 2 aromatic heterocycles. The second-order valence-electron chi connectivity index (χ2n) is 3.53. The average molecular weight is 286 g/mol. The predicted octanol–water partition coefficient (Wildman–Crippen LogP) is 1.81. The molecule has 0 spiro atoms. The molecule has 0 amide bonds. The molecule has 2 heterocycles. The zero-order valence-electron chi connectivity index (χ0n) is 9.01. The van der Waals surface area contributed by atoms with Gasteiger partial charge in [0.25, 0.3) is 0 Å². The maximum Gasteiger partial charge on any atom is 0.170 e. The molecule has 0 saturated heterocycles. The van der Waals surface area contributed by atoms with Gasteiger partial charge in [-0.05, 0) is 22.4 Å². The van der Waals surface area contributed by atoms with Crippen LogP contribution in [0, 0.1) is 0 Å². The van der Waals surface area contributed by atoms with E-state index < -0.39 is 6.10 Å². The Kier molecular flexibility index (Phi) is 3.11. The van der Waals surface area contributed by atoms with Crippen LogP contribution in [0.5, 0.6) is 0 Å². The van der Waals surface area contributed by atoms with Gasteiger partial charge in [-0.3, -0.25) is 4.68 Å². The molecule has 1 unspecified atom stereocenters. The zero-order valence-corrected chi connectivity index (χ0v) is 10.6. The van der Waals surface area contributed by atoms with E-state index in [9.17, 15) is 5.11 Å². The number of nitrogens with zero attached hydrogens (tertiary/aromatic N) is 3. The van der Waals surface area contributed by atoms with Gasteiger partial charge in [-0.15, -0.1) is 0 Å². The summed E-state index contributed by atoms with van der Waals surface area (Å²) in [6, 6.07) is 1.75. The molecule has 0 radical (unpaired) electrons. The Labute approximate surface area is 101 Å². The van der Waals surface area contributed by atoms with Crippen LogP contribution in [0.3, 0.4) is 0 Å². The minimum atomic E-state index is -0.837. The van der Waals surface area contributed by atoms with E-state index in [1.165, 1.54) is 0 Å². The first kappa shape index (κ1) is 11.3. The Balaban J connectivity index is 2.31. The van der Waals surface area contributed by atoms with E-state index in [-0.39, 0.29) is 0 Å². The Bertz CT molecular complexity index is 492. The quantitative estimate of drug-likeness (QED) is 0.934. The molecule has 0 saturated carbocycles. The number of rotatable bonds is 3. The minimum Gasteiger partial charge on any atom is -0.380 e. The van der Waals surface area contributed by atoms with Crippen molar-refractivity contribution in [1.29, 1.82) is 0 Å². The Morgan fingerprint density at radius 1 is 1.62 bits per heavy atom. The van der Waals surface area contributed by atoms with Gasteiger partial charge in [0.15, 0.2) is 5.76 Å². The summed E-state index contributed by atoms with van der Waals surface area (Å²) in [5, 5.41) is 18.0. The highest BCUT2D eigenvalue weighted by Gasteiger charge is 2.20. The highest BCUT2D eigenvalue weighted by Crippen LogP contribution is 2.27. The van der Waals surface area contributed by atoms with Crippen LogP contribution in [0.1, 0.15) is 30.0 Å². The highest BCUT2D eigenvalue weighted by molar-refractivity contribution is 9.10. The van der Waals surface area contributed by atoms with Gasteiger partial charge in [-0.25, -0.2) is 0 Å². The van der Waals surface area contributed by atoms with E-state index in [4.69, 9.17) is 4.52 Å². The largest absolute Gasteiger partial charge is 0.380 e. The molecule has 0 aliphatic rings. The van der Waals surface area contributed by atoms with E-state index in [1.807, 2.05) is 6.92 Å². The molecule has 16 heavy (non-hydrogen) atoms. The fourth-order valence-electron chi connectivity index (χ4n) is 1.44. The van der Waals surface area contributed by atoms with E-state index in [0.29, 0.717) is 15.9 Å². The van der Waals surface area contributed by atoms with Crippen molar-refractivity contribution in [2.45, 2.75) is 19.4 Å². The summed E-state index contributed by atoms with van der Waals surface area (Å²) in [6.45, 7) is 1.98. The molecule has 0 fully saturated rings. The molecule has 86 valence electrons. The van der Waals surface area contributed by atoms with Crippen molar-refractivity contribution in [2.75, 3.05) is 0 Å². The summed E-state index contributed by atoms with van der Waals surface area (Å²) in [5.74, 6) is 0.436. The van der Waals surface area contributed by atoms with Crippen LogP contribution in [0.4, 0.5) is 0 Å². The van der Waals surface area contributed by atoms with Gasteiger partial charge < -0.3 is 9.63 Å². The van der Waals surface area contributed by atoms with Crippen LogP contribution in [0.15, 0.2) is 21.4 Å². The fraction of sp³-hybridized carbons (Fsp3) is 0.400. The van der Waals surface area contributed by atoms with E-state index >= 15 is 0 Å². The molecular formula is C10H12BrN3O2. The topological polar surface area (TPSA) is 64.1 Å². The van der Waals surface area contributed by atoms with Crippen LogP contribution in [-0.2, 0) is 13.5 Å². The number of halogens is 1. The van der Waals surface area contributed by atoms with Crippen LogP contribution in [0.25, 0.3) is 0 Å². The van der Waals surface area contributed by atoms with Gasteiger partial charge in [0, 0.05) is 24.9 Å². The summed E-state index contributed by atoms with van der Waals surface area (Å²) in [7, 11) is 1.79. The SMILES string of the molecule is CCc1cc(C(O)c2cn(C)nc2Br)on1. The smallest absolute Gasteiger partial charge is 0.170 e. The van der Waals surface area contributed by atoms with Crippen LogP contribution in [0.2, 0.25) is 0 Å². The lowest BCUT2D eigenvalue weighted by molar-refractivity contribution is 0.175. The first-order valence-electron chi connectivity index (χ1n) is 4.94. The van der Waals surface area contributed by atoms with E-state index in [0.717, 1.165) is 12.1 Å². The van der Waals surface area contributed by atoms with Crippen molar-refractivity contribution in [3.05, 3.63) is 33.9 Å². The number of hydrogen-bond donors (Lipinski definition) is 1. The summed E-state index contributed by atoms with van der Waals surface area (Å²) >= 11 is 3.28. The summed E-state index contributed by atoms with van der Waals surface area (Å²) in [4.78, 5) is 0. The lowest BCUT2D eigenvalue weighted by Gasteiger charge is -2.03. The van der Waals surface area contributed by atoms with E-state index in [2.05, 4.69) is 26.2 Å². The monoisotopic (exact) mass is 285 g/mol. The molecule has 5 nitrogen and oxygen atoms in total. The summed E-state index contributed by atoms with van der Waals surface area (Å²) in [5.41, 5.74) is 1.50. The van der Waals surface area contributed by atoms with Gasteiger partial charge in [0.05, 0.1) is 5.69 Å². The average Bonchev–Trinajstić information content (AvgIpc) is 2.84. The Morgan fingerprint density at radius 3 is 2.88 bits per heavy atom. The van der Waals surface area contributed by atoms with Crippen LogP contribution < -0.4 is 0 Å².